The summed E-state index contributed by atoms with van der Waals surface area (Å²) in [5.74, 6) is 1.87. The Hall–Kier alpha value is -1.62. The minimum Gasteiger partial charge on any atom is -0.356 e. The minimum absolute atomic E-state index is 0.246. The molecule has 1 aromatic rings. The van der Waals surface area contributed by atoms with E-state index in [1.54, 1.807) is 6.20 Å². The van der Waals surface area contributed by atoms with Crippen molar-refractivity contribution in [2.45, 2.75) is 25.7 Å². The monoisotopic (exact) mass is 288 g/mol. The Kier molecular flexibility index (Phi) is 4.39. The summed E-state index contributed by atoms with van der Waals surface area (Å²) in [6, 6.07) is 3.91. The van der Waals surface area contributed by atoms with E-state index in [-0.39, 0.29) is 5.91 Å². The van der Waals surface area contributed by atoms with Crippen molar-refractivity contribution in [2.75, 3.05) is 43.0 Å². The van der Waals surface area contributed by atoms with Gasteiger partial charge in [-0.05, 0) is 50.4 Å². The highest BCUT2D eigenvalue weighted by molar-refractivity contribution is 5.97. The fourth-order valence-electron chi connectivity index (χ4n) is 3.26. The molecule has 1 saturated heterocycles. The number of carbonyl (C=O) groups excluding carboxylic acids is 1. The van der Waals surface area contributed by atoms with Crippen LogP contribution < -0.4 is 15.1 Å². The van der Waals surface area contributed by atoms with Gasteiger partial charge >= 0.3 is 0 Å². The summed E-state index contributed by atoms with van der Waals surface area (Å²) in [6.07, 6.45) is 5.87. The number of anilines is 2. The van der Waals surface area contributed by atoms with E-state index < -0.39 is 0 Å². The van der Waals surface area contributed by atoms with Crippen molar-refractivity contribution in [3.05, 3.63) is 18.3 Å². The van der Waals surface area contributed by atoms with Gasteiger partial charge in [-0.25, -0.2) is 4.98 Å². The summed E-state index contributed by atoms with van der Waals surface area (Å²) in [6.45, 7) is 3.81. The summed E-state index contributed by atoms with van der Waals surface area (Å²) >= 11 is 0. The van der Waals surface area contributed by atoms with E-state index >= 15 is 0 Å². The third-order valence-corrected chi connectivity index (χ3v) is 4.60. The zero-order valence-corrected chi connectivity index (χ0v) is 12.7. The van der Waals surface area contributed by atoms with Crippen LogP contribution in [0.1, 0.15) is 25.7 Å². The molecule has 5 heteroatoms. The first-order chi connectivity index (χ1) is 10.3. The lowest BCUT2D eigenvalue weighted by atomic mass is 9.93. The lowest BCUT2D eigenvalue weighted by molar-refractivity contribution is -0.119. The molecule has 0 aromatic carbocycles. The van der Waals surface area contributed by atoms with Gasteiger partial charge in [0.15, 0.2) is 5.82 Å². The summed E-state index contributed by atoms with van der Waals surface area (Å²) < 4.78 is 0. The largest absolute Gasteiger partial charge is 0.356 e. The van der Waals surface area contributed by atoms with Crippen LogP contribution in [-0.4, -0.2) is 44.1 Å². The number of carbonyl (C=O) groups is 1. The Morgan fingerprint density at radius 3 is 3.00 bits per heavy atom. The van der Waals surface area contributed by atoms with E-state index in [1.165, 1.54) is 12.8 Å². The van der Waals surface area contributed by atoms with Gasteiger partial charge in [0.2, 0.25) is 5.91 Å². The van der Waals surface area contributed by atoms with Crippen LogP contribution in [0.15, 0.2) is 18.3 Å². The lowest BCUT2D eigenvalue weighted by Crippen LogP contribution is -2.43. The zero-order valence-electron chi connectivity index (χ0n) is 12.7. The number of pyridine rings is 1. The molecule has 2 aliphatic heterocycles. The van der Waals surface area contributed by atoms with Crippen molar-refractivity contribution in [1.82, 2.24) is 10.3 Å². The molecule has 114 valence electrons. The highest BCUT2D eigenvalue weighted by Crippen LogP contribution is 2.30. The highest BCUT2D eigenvalue weighted by atomic mass is 16.2. The van der Waals surface area contributed by atoms with Crippen LogP contribution in [0, 0.1) is 5.92 Å². The van der Waals surface area contributed by atoms with Gasteiger partial charge in [-0.1, -0.05) is 0 Å². The number of likely N-dealkylation sites (N-methyl/N-ethyl adjacent to an activating group) is 1. The number of aromatic nitrogens is 1. The molecule has 5 nitrogen and oxygen atoms in total. The maximum atomic E-state index is 12.6. The van der Waals surface area contributed by atoms with Gasteiger partial charge in [-0.15, -0.1) is 0 Å². The van der Waals surface area contributed by atoms with E-state index in [9.17, 15) is 4.79 Å². The Bertz CT molecular complexity index is 499. The van der Waals surface area contributed by atoms with Crippen LogP contribution in [-0.2, 0) is 4.79 Å². The minimum atomic E-state index is 0.246. The molecule has 21 heavy (non-hydrogen) atoms. The van der Waals surface area contributed by atoms with Crippen molar-refractivity contribution in [1.29, 1.82) is 0 Å². The number of hydrogen-bond acceptors (Lipinski definition) is 4. The molecule has 0 unspecified atom stereocenters. The number of amides is 1. The van der Waals surface area contributed by atoms with Crippen LogP contribution in [0.2, 0.25) is 0 Å². The van der Waals surface area contributed by atoms with Gasteiger partial charge in [-0.2, -0.15) is 0 Å². The Morgan fingerprint density at radius 1 is 1.38 bits per heavy atom. The predicted molar refractivity (Wildman–Crippen MR) is 84.7 cm³/mol. The third kappa shape index (κ3) is 3.18. The van der Waals surface area contributed by atoms with Gasteiger partial charge in [-0.3, -0.25) is 4.79 Å². The molecule has 0 atom stereocenters. The molecule has 0 spiro atoms. The number of rotatable bonds is 3. The normalized spacial score (nSPS) is 19.5. The smallest absolute Gasteiger partial charge is 0.227 e. The first-order valence-electron chi connectivity index (χ1n) is 7.93. The van der Waals surface area contributed by atoms with E-state index in [0.29, 0.717) is 12.3 Å². The third-order valence-electron chi connectivity index (χ3n) is 4.60. The van der Waals surface area contributed by atoms with Crippen molar-refractivity contribution in [2.24, 2.45) is 5.92 Å². The first-order valence-corrected chi connectivity index (χ1v) is 7.93. The van der Waals surface area contributed by atoms with Crippen LogP contribution in [0.4, 0.5) is 11.5 Å². The Labute approximate surface area is 126 Å². The van der Waals surface area contributed by atoms with Crippen LogP contribution in [0.25, 0.3) is 0 Å². The Morgan fingerprint density at radius 2 is 2.19 bits per heavy atom. The lowest BCUT2D eigenvalue weighted by Gasteiger charge is -2.34. The van der Waals surface area contributed by atoms with Gasteiger partial charge in [0.25, 0.3) is 0 Å². The van der Waals surface area contributed by atoms with Crippen LogP contribution in [0.5, 0.6) is 0 Å². The van der Waals surface area contributed by atoms with E-state index in [4.69, 9.17) is 0 Å². The summed E-state index contributed by atoms with van der Waals surface area (Å²) in [5.41, 5.74) is 0.960. The van der Waals surface area contributed by atoms with Gasteiger partial charge in [0.05, 0.1) is 5.69 Å². The molecule has 3 rings (SSSR count). The molecule has 0 aliphatic carbocycles. The molecule has 0 bridgehead atoms. The van der Waals surface area contributed by atoms with Crippen molar-refractivity contribution in [3.8, 4) is 0 Å². The van der Waals surface area contributed by atoms with E-state index in [2.05, 4.69) is 15.2 Å². The molecule has 0 saturated carbocycles. The second-order valence-electron chi connectivity index (χ2n) is 6.05. The van der Waals surface area contributed by atoms with Gasteiger partial charge in [0.1, 0.15) is 0 Å². The standard InChI is InChI=1S/C16H24N4O/c1-19-11-12-20(14-3-2-8-18-16(14)19)15(21)5-4-13-6-9-17-10-7-13/h2-3,8,13,17H,4-7,9-12H2,1H3. The maximum absolute atomic E-state index is 12.6. The second kappa shape index (κ2) is 6.43. The molecular formula is C16H24N4O. The fourth-order valence-corrected chi connectivity index (χ4v) is 3.26. The predicted octanol–water partition coefficient (Wildman–Crippen LogP) is 1.64. The first kappa shape index (κ1) is 14.3. The molecule has 3 heterocycles. The molecule has 1 amide bonds. The second-order valence-corrected chi connectivity index (χ2v) is 6.05. The summed E-state index contributed by atoms with van der Waals surface area (Å²) in [7, 11) is 2.03. The van der Waals surface area contributed by atoms with Gasteiger partial charge in [0, 0.05) is 32.8 Å². The zero-order chi connectivity index (χ0) is 14.7. The fraction of sp³-hybridized carbons (Fsp3) is 0.625. The molecule has 0 radical (unpaired) electrons. The molecule has 2 aliphatic rings. The molecule has 1 aromatic heterocycles. The number of fused-ring (bicyclic) bond motifs is 1. The quantitative estimate of drug-likeness (QED) is 0.918. The van der Waals surface area contributed by atoms with E-state index in [1.807, 2.05) is 24.1 Å². The van der Waals surface area contributed by atoms with Crippen molar-refractivity contribution < 1.29 is 4.79 Å². The number of hydrogen-bond donors (Lipinski definition) is 1. The number of nitrogens with zero attached hydrogens (tertiary/aromatic N) is 3. The SMILES string of the molecule is CN1CCN(C(=O)CCC2CCNCC2)c2cccnc21. The maximum Gasteiger partial charge on any atom is 0.227 e. The van der Waals surface area contributed by atoms with Gasteiger partial charge < -0.3 is 15.1 Å². The average molecular weight is 288 g/mol. The topological polar surface area (TPSA) is 48.5 Å². The number of nitrogens with one attached hydrogen (secondary N) is 1. The highest BCUT2D eigenvalue weighted by Gasteiger charge is 2.26. The van der Waals surface area contributed by atoms with Crippen LogP contribution in [0.3, 0.4) is 0 Å². The average Bonchev–Trinajstić information content (AvgIpc) is 2.54. The summed E-state index contributed by atoms with van der Waals surface area (Å²) in [4.78, 5) is 21.0. The van der Waals surface area contributed by atoms with Crippen molar-refractivity contribution in [3.63, 3.8) is 0 Å². The molecule has 1 fully saturated rings. The van der Waals surface area contributed by atoms with Crippen LogP contribution >= 0.6 is 0 Å². The summed E-state index contributed by atoms with van der Waals surface area (Å²) in [5, 5.41) is 3.37. The molecule has 1 N–H and O–H groups in total. The van der Waals surface area contributed by atoms with Crippen molar-refractivity contribution >= 4 is 17.4 Å². The van der Waals surface area contributed by atoms with E-state index in [0.717, 1.165) is 44.1 Å². The Balaban J connectivity index is 1.63. The number of piperidine rings is 1. The molecular weight excluding hydrogens is 264 g/mol.